The van der Waals surface area contributed by atoms with E-state index >= 15 is 0 Å². The van der Waals surface area contributed by atoms with E-state index in [0.29, 0.717) is 23.0 Å². The van der Waals surface area contributed by atoms with Crippen LogP contribution in [0.2, 0.25) is 5.02 Å². The second kappa shape index (κ2) is 7.37. The predicted octanol–water partition coefficient (Wildman–Crippen LogP) is 3.17. The van der Waals surface area contributed by atoms with Crippen molar-refractivity contribution in [3.05, 3.63) is 35.4 Å². The number of hydrogen-bond acceptors (Lipinski definition) is 7. The Hall–Kier alpha value is -2.51. The molecule has 0 aromatic heterocycles. The molecule has 1 N–H and O–H groups in total. The molecule has 2 aromatic rings. The van der Waals surface area contributed by atoms with Crippen LogP contribution >= 0.6 is 11.6 Å². The average Bonchev–Trinajstić information content (AvgIpc) is 3.25. The summed E-state index contributed by atoms with van der Waals surface area (Å²) in [5, 5.41) is 9.32. The van der Waals surface area contributed by atoms with Crippen LogP contribution in [-0.2, 0) is 4.74 Å². The summed E-state index contributed by atoms with van der Waals surface area (Å²) in [5.74, 6) is 3.19. The van der Waals surface area contributed by atoms with Crippen LogP contribution in [-0.4, -0.2) is 32.6 Å². The first-order valence-corrected chi connectivity index (χ1v) is 7.35. The molecule has 0 spiro atoms. The summed E-state index contributed by atoms with van der Waals surface area (Å²) in [4.78, 5) is 0. The Balaban J connectivity index is 0.000000143. The van der Waals surface area contributed by atoms with Gasteiger partial charge in [-0.05, 0) is 24.3 Å². The number of methoxy groups -OCH3 is 1. The van der Waals surface area contributed by atoms with Crippen molar-refractivity contribution in [2.45, 2.75) is 0 Å². The topological polar surface area (TPSA) is 75.6 Å². The van der Waals surface area contributed by atoms with Crippen molar-refractivity contribution < 1.29 is 33.5 Å². The molecule has 0 fully saturated rings. The second-order valence-corrected chi connectivity index (χ2v) is 5.08. The maximum Gasteiger partial charge on any atom is 0.231 e. The van der Waals surface area contributed by atoms with Gasteiger partial charge in [0.1, 0.15) is 16.5 Å². The Morgan fingerprint density at radius 2 is 1.71 bits per heavy atom. The van der Waals surface area contributed by atoms with Crippen LogP contribution in [0.25, 0.3) is 0 Å². The fourth-order valence-electron chi connectivity index (χ4n) is 2.02. The van der Waals surface area contributed by atoms with Crippen molar-refractivity contribution >= 4 is 11.6 Å². The van der Waals surface area contributed by atoms with E-state index in [-0.39, 0.29) is 31.2 Å². The summed E-state index contributed by atoms with van der Waals surface area (Å²) in [6, 6.07) is 8.49. The molecular formula is C16H15ClO7. The van der Waals surface area contributed by atoms with E-state index in [2.05, 4.69) is 0 Å². The molecule has 7 nitrogen and oxygen atoms in total. The molecule has 128 valence electrons. The van der Waals surface area contributed by atoms with E-state index in [4.69, 9.17) is 45.1 Å². The first-order chi connectivity index (χ1) is 11.7. The molecule has 0 aliphatic carbocycles. The van der Waals surface area contributed by atoms with Crippen LogP contribution in [0.3, 0.4) is 0 Å². The summed E-state index contributed by atoms with van der Waals surface area (Å²) in [5.41, 5.74) is 0. The molecule has 0 bridgehead atoms. The van der Waals surface area contributed by atoms with E-state index in [9.17, 15) is 0 Å². The number of phenols is 1. The standard InChI is InChI=1S/C9H10O4.C7H5ClO3/c1-10-5-11-7-2-3-8-9(4-7)13-6-12-8;8-6-4(9)1-2-5-7(6)11-3-10-5/h2-4H,5-6H2,1H3;1-2,9H,3H2. The van der Waals surface area contributed by atoms with Crippen LogP contribution in [0, 0.1) is 0 Å². The highest BCUT2D eigenvalue weighted by Crippen LogP contribution is 2.43. The fourth-order valence-corrected chi connectivity index (χ4v) is 2.23. The third kappa shape index (κ3) is 3.52. The monoisotopic (exact) mass is 354 g/mol. The summed E-state index contributed by atoms with van der Waals surface area (Å²) in [7, 11) is 1.58. The summed E-state index contributed by atoms with van der Waals surface area (Å²) < 4.78 is 30.3. The second-order valence-electron chi connectivity index (χ2n) is 4.70. The lowest BCUT2D eigenvalue weighted by molar-refractivity contribution is 0.0510. The van der Waals surface area contributed by atoms with Gasteiger partial charge in [-0.3, -0.25) is 0 Å². The molecule has 2 aliphatic heterocycles. The lowest BCUT2D eigenvalue weighted by Crippen LogP contribution is -1.98. The molecule has 0 amide bonds. The number of ether oxygens (including phenoxy) is 6. The van der Waals surface area contributed by atoms with Crippen LogP contribution < -0.4 is 23.7 Å². The SMILES string of the molecule is COCOc1ccc2c(c1)OCO2.Oc1ccc2c(c1Cl)OCO2. The van der Waals surface area contributed by atoms with Crippen LogP contribution in [0.4, 0.5) is 0 Å². The molecule has 0 unspecified atom stereocenters. The average molecular weight is 355 g/mol. The number of halogens is 1. The molecule has 0 saturated heterocycles. The van der Waals surface area contributed by atoms with Crippen LogP contribution in [0.15, 0.2) is 30.3 Å². The maximum atomic E-state index is 9.12. The number of benzene rings is 2. The predicted molar refractivity (Wildman–Crippen MR) is 84.3 cm³/mol. The highest BCUT2D eigenvalue weighted by molar-refractivity contribution is 6.33. The zero-order valence-electron chi connectivity index (χ0n) is 12.8. The molecule has 0 atom stereocenters. The molecule has 0 saturated carbocycles. The van der Waals surface area contributed by atoms with Gasteiger partial charge in [-0.2, -0.15) is 0 Å². The van der Waals surface area contributed by atoms with Gasteiger partial charge in [0.05, 0.1) is 0 Å². The lowest BCUT2D eigenvalue weighted by atomic mass is 10.3. The van der Waals surface area contributed by atoms with Crippen molar-refractivity contribution in [3.63, 3.8) is 0 Å². The minimum atomic E-state index is 0.0101. The Bertz CT molecular complexity index is 720. The molecule has 2 aliphatic rings. The molecule has 2 aromatic carbocycles. The number of phenolic OH excluding ortho intramolecular Hbond substituents is 1. The molecule has 24 heavy (non-hydrogen) atoms. The fraction of sp³-hybridized carbons (Fsp3) is 0.250. The third-order valence-electron chi connectivity index (χ3n) is 3.15. The highest BCUT2D eigenvalue weighted by Gasteiger charge is 2.19. The number of fused-ring (bicyclic) bond motifs is 2. The Morgan fingerprint density at radius 1 is 1.00 bits per heavy atom. The van der Waals surface area contributed by atoms with E-state index in [1.54, 1.807) is 19.2 Å². The Labute approximate surface area is 143 Å². The first kappa shape index (κ1) is 16.4. The molecule has 2 heterocycles. The van der Waals surface area contributed by atoms with E-state index in [1.165, 1.54) is 6.07 Å². The quantitative estimate of drug-likeness (QED) is 0.848. The maximum absolute atomic E-state index is 9.12. The van der Waals surface area contributed by atoms with E-state index in [1.807, 2.05) is 12.1 Å². The van der Waals surface area contributed by atoms with Crippen molar-refractivity contribution in [1.82, 2.24) is 0 Å². The zero-order valence-corrected chi connectivity index (χ0v) is 13.5. The van der Waals surface area contributed by atoms with Crippen molar-refractivity contribution in [2.75, 3.05) is 27.5 Å². The van der Waals surface area contributed by atoms with Gasteiger partial charge in [-0.25, -0.2) is 0 Å². The lowest BCUT2D eigenvalue weighted by Gasteiger charge is -2.04. The third-order valence-corrected chi connectivity index (χ3v) is 3.51. The van der Waals surface area contributed by atoms with E-state index < -0.39 is 0 Å². The Morgan fingerprint density at radius 3 is 2.54 bits per heavy atom. The summed E-state index contributed by atoms with van der Waals surface area (Å²) in [6.07, 6.45) is 0. The van der Waals surface area contributed by atoms with Gasteiger partial charge in [-0.15, -0.1) is 0 Å². The van der Waals surface area contributed by atoms with Crippen molar-refractivity contribution in [3.8, 4) is 34.5 Å². The summed E-state index contributed by atoms with van der Waals surface area (Å²) in [6.45, 7) is 0.682. The Kier molecular flexibility index (Phi) is 5.02. The van der Waals surface area contributed by atoms with Crippen molar-refractivity contribution in [1.29, 1.82) is 0 Å². The molecule has 8 heteroatoms. The number of hydrogen-bond donors (Lipinski definition) is 1. The van der Waals surface area contributed by atoms with Gasteiger partial charge in [0.25, 0.3) is 0 Å². The minimum Gasteiger partial charge on any atom is -0.506 e. The molecule has 0 radical (unpaired) electrons. The molecular weight excluding hydrogens is 340 g/mol. The van der Waals surface area contributed by atoms with Gasteiger partial charge in [0.15, 0.2) is 29.8 Å². The number of rotatable bonds is 3. The van der Waals surface area contributed by atoms with E-state index in [0.717, 1.165) is 5.75 Å². The first-order valence-electron chi connectivity index (χ1n) is 6.97. The highest BCUT2D eigenvalue weighted by atomic mass is 35.5. The van der Waals surface area contributed by atoms with Gasteiger partial charge in [0.2, 0.25) is 13.6 Å². The van der Waals surface area contributed by atoms with Gasteiger partial charge in [0, 0.05) is 13.2 Å². The normalized spacial score (nSPS) is 13.2. The zero-order chi connectivity index (χ0) is 16.9. The number of aromatic hydroxyl groups is 1. The smallest absolute Gasteiger partial charge is 0.231 e. The minimum absolute atomic E-state index is 0.0101. The van der Waals surface area contributed by atoms with Gasteiger partial charge >= 0.3 is 0 Å². The van der Waals surface area contributed by atoms with Gasteiger partial charge < -0.3 is 33.5 Å². The van der Waals surface area contributed by atoms with Crippen LogP contribution in [0.5, 0.6) is 34.5 Å². The summed E-state index contributed by atoms with van der Waals surface area (Å²) >= 11 is 5.68. The van der Waals surface area contributed by atoms with Crippen LogP contribution in [0.1, 0.15) is 0 Å². The van der Waals surface area contributed by atoms with Crippen molar-refractivity contribution in [2.24, 2.45) is 0 Å². The van der Waals surface area contributed by atoms with Gasteiger partial charge in [-0.1, -0.05) is 11.6 Å². The molecule has 4 rings (SSSR count). The largest absolute Gasteiger partial charge is 0.506 e.